The molecule has 0 atom stereocenters. The predicted octanol–water partition coefficient (Wildman–Crippen LogP) is 2.15. The molecule has 0 saturated carbocycles. The molecule has 0 bridgehead atoms. The average molecular weight is 1260 g/mol. The van der Waals surface area contributed by atoms with Crippen molar-refractivity contribution in [2.24, 2.45) is 0 Å². The third-order valence-corrected chi connectivity index (χ3v) is 3.02. The van der Waals surface area contributed by atoms with E-state index in [-0.39, 0.29) is 63.2 Å². The van der Waals surface area contributed by atoms with Gasteiger partial charge in [-0.2, -0.15) is 0 Å². The Kier molecular flexibility index (Phi) is 21.0. The summed E-state index contributed by atoms with van der Waals surface area (Å²) >= 11 is 4.81. The van der Waals surface area contributed by atoms with Crippen LogP contribution in [0, 0.1) is 6.20 Å². The molecule has 7 heteroatoms. The van der Waals surface area contributed by atoms with E-state index < -0.39 is 0 Å². The number of hydrogen-bond acceptors (Lipinski definition) is 0. The Labute approximate surface area is 181 Å². The third kappa shape index (κ3) is 6.68. The number of benzene rings is 1. The van der Waals surface area contributed by atoms with Crippen molar-refractivity contribution < 1.29 is 115 Å². The first kappa shape index (κ1) is 25.7. The van der Waals surface area contributed by atoms with Crippen LogP contribution in [-0.4, -0.2) is 8.97 Å². The molecule has 2 rings (SSSR count). The zero-order valence-electron chi connectivity index (χ0n) is 9.49. The summed E-state index contributed by atoms with van der Waals surface area (Å²) in [5, 5.41) is 1.32. The summed E-state index contributed by atoms with van der Waals surface area (Å²) in [4.78, 5) is 0. The first-order valence-electron chi connectivity index (χ1n) is 4.49. The van der Waals surface area contributed by atoms with Gasteiger partial charge in [-0.1, -0.05) is 0 Å². The molecular formula is C11H10NW6-. The molecule has 0 aliphatic heterocycles. The van der Waals surface area contributed by atoms with Gasteiger partial charge in [-0.3, -0.25) is 0 Å². The van der Waals surface area contributed by atoms with E-state index in [9.17, 15) is 0 Å². The molecule has 1 heterocycles. The zero-order valence-corrected chi connectivity index (χ0v) is 27.1. The molecule has 0 aliphatic carbocycles. The molecule has 0 N–H and O–H groups in total. The van der Waals surface area contributed by atoms with Crippen LogP contribution in [-0.2, 0) is 122 Å². The van der Waals surface area contributed by atoms with Crippen molar-refractivity contribution in [3.05, 3.63) is 36.0 Å². The fourth-order valence-electron chi connectivity index (χ4n) is 1.54. The summed E-state index contributed by atoms with van der Waals surface area (Å²) in [5.41, 5.74) is 2.53. The van der Waals surface area contributed by atoms with Crippen molar-refractivity contribution in [1.29, 1.82) is 0 Å². The fraction of sp³-hybridized carbons (Fsp3) is 0.182. The molecule has 1 aromatic carbocycles. The quantitative estimate of drug-likeness (QED) is 0.408. The van der Waals surface area contributed by atoms with E-state index in [0.717, 1.165) is 6.54 Å². The van der Waals surface area contributed by atoms with Crippen molar-refractivity contribution in [2.75, 3.05) is 0 Å². The van der Waals surface area contributed by atoms with Crippen LogP contribution < -0.4 is 0 Å². The predicted molar refractivity (Wildman–Crippen MR) is 51.6 cm³/mol. The number of nitrogens with zero attached hydrogens (tertiary/aromatic N) is 1. The Hall–Kier alpha value is 2.76. The molecule has 0 fully saturated rings. The molecule has 0 radical (unpaired) electrons. The van der Waals surface area contributed by atoms with Gasteiger partial charge in [0.25, 0.3) is 0 Å². The van der Waals surface area contributed by atoms with Gasteiger partial charge >= 0.3 is 121 Å². The minimum absolute atomic E-state index is 0. The topological polar surface area (TPSA) is 4.93 Å². The summed E-state index contributed by atoms with van der Waals surface area (Å²) in [6.45, 7) is 3.14. The Bertz CT molecular complexity index is 468. The van der Waals surface area contributed by atoms with Crippen LogP contribution in [0.5, 0.6) is 0 Å². The van der Waals surface area contributed by atoms with Gasteiger partial charge in [0.15, 0.2) is 0 Å². The standard InChI is InChI=1S/C11H10N.6W/c1-3-12-8-9(2)10-6-4-5-7-11(10)12;;;;;;/h2,4-7H,3H2,1H3;;;;;;/q-1;;;;;;. The zero-order chi connectivity index (χ0) is 11.3. The Morgan fingerprint density at radius 2 is 1.72 bits per heavy atom. The maximum atomic E-state index is 3.37. The summed E-state index contributed by atoms with van der Waals surface area (Å²) in [5.74, 6) is 0. The van der Waals surface area contributed by atoms with Crippen molar-refractivity contribution in [3.63, 3.8) is 0 Å². The van der Waals surface area contributed by atoms with Crippen LogP contribution in [0.1, 0.15) is 12.5 Å². The van der Waals surface area contributed by atoms with Crippen LogP contribution >= 0.6 is 0 Å². The van der Waals surface area contributed by atoms with Crippen molar-refractivity contribution in [3.8, 4) is 0 Å². The normalized spacial score (nSPS) is 7.83. The van der Waals surface area contributed by atoms with E-state index >= 15 is 0 Å². The van der Waals surface area contributed by atoms with Crippen molar-refractivity contribution >= 4 is 15.3 Å². The number of hydrogen-bond donors (Lipinski definition) is 0. The Balaban J connectivity index is -0.000000429. The third-order valence-electron chi connectivity index (χ3n) is 2.17. The SMILES string of the molecule is CCn1[c-]c([CH]=[W])c2ccccc21.[W].[W].[W].[W]=[W]. The van der Waals surface area contributed by atoms with Gasteiger partial charge in [0.1, 0.15) is 0 Å². The molecule has 0 spiro atoms. The number of aromatic nitrogens is 1. The minimum atomic E-state index is 0. The molecule has 2 aromatic rings. The first-order chi connectivity index (χ1) is 7.36. The number of fused-ring (bicyclic) bond motifs is 1. The fourth-order valence-corrected chi connectivity index (χ4v) is 2.19. The van der Waals surface area contributed by atoms with Crippen LogP contribution in [0.15, 0.2) is 24.3 Å². The summed E-state index contributed by atoms with van der Waals surface area (Å²) < 4.78 is 4.36. The number of aryl methyl sites for hydroxylation is 1. The average Bonchev–Trinajstić information content (AvgIpc) is 2.70. The molecular weight excluding hydrogens is 1250 g/mol. The number of para-hydroxylation sites is 1. The van der Waals surface area contributed by atoms with Crippen LogP contribution in [0.25, 0.3) is 10.9 Å². The van der Waals surface area contributed by atoms with Gasteiger partial charge in [0.2, 0.25) is 0 Å². The van der Waals surface area contributed by atoms with E-state index in [4.69, 9.17) is 0 Å². The molecule has 0 saturated heterocycles. The van der Waals surface area contributed by atoms with E-state index in [2.05, 4.69) is 46.4 Å². The monoisotopic (exact) mass is 1260 g/mol. The summed E-state index contributed by atoms with van der Waals surface area (Å²) in [7, 11) is 0. The van der Waals surface area contributed by atoms with E-state index in [0.29, 0.717) is 0 Å². The second-order valence-electron chi connectivity index (χ2n) is 2.90. The van der Waals surface area contributed by atoms with Gasteiger partial charge in [0, 0.05) is 63.2 Å². The van der Waals surface area contributed by atoms with Crippen molar-refractivity contribution in [1.82, 2.24) is 4.57 Å². The molecule has 1 aromatic heterocycles. The van der Waals surface area contributed by atoms with Gasteiger partial charge in [0.05, 0.1) is 0 Å². The molecule has 0 amide bonds. The first-order valence-corrected chi connectivity index (χ1v) is 17.2. The molecule has 96 valence electrons. The molecule has 1 nitrogen and oxygen atoms in total. The van der Waals surface area contributed by atoms with E-state index in [1.807, 2.05) is 0 Å². The van der Waals surface area contributed by atoms with Crippen LogP contribution in [0.4, 0.5) is 0 Å². The Morgan fingerprint density at radius 1 is 1.17 bits per heavy atom. The van der Waals surface area contributed by atoms with Gasteiger partial charge in [-0.05, 0) is 0 Å². The van der Waals surface area contributed by atoms with Crippen molar-refractivity contribution in [2.45, 2.75) is 13.5 Å². The van der Waals surface area contributed by atoms with Crippen LogP contribution in [0.3, 0.4) is 0 Å². The maximum absolute atomic E-state index is 3.37. The van der Waals surface area contributed by atoms with Crippen LogP contribution in [0.2, 0.25) is 0 Å². The molecule has 18 heavy (non-hydrogen) atoms. The second kappa shape index (κ2) is 14.7. The van der Waals surface area contributed by atoms with E-state index in [1.165, 1.54) is 35.8 Å². The summed E-state index contributed by atoms with van der Waals surface area (Å²) in [6, 6.07) is 8.47. The summed E-state index contributed by atoms with van der Waals surface area (Å²) in [6.07, 6.45) is 3.37. The Morgan fingerprint density at radius 3 is 2.22 bits per heavy atom. The molecule has 0 unspecified atom stereocenters. The molecule has 0 aliphatic rings. The van der Waals surface area contributed by atoms with Gasteiger partial charge < -0.3 is 0 Å². The number of rotatable bonds is 2. The van der Waals surface area contributed by atoms with E-state index in [1.54, 1.807) is 32.4 Å². The second-order valence-corrected chi connectivity index (χ2v) is 3.75. The van der Waals surface area contributed by atoms with Gasteiger partial charge in [-0.25, -0.2) is 0 Å². The van der Waals surface area contributed by atoms with Gasteiger partial charge in [-0.15, -0.1) is 0 Å².